The van der Waals surface area contributed by atoms with E-state index in [0.29, 0.717) is 11.6 Å². The third-order valence-electron chi connectivity index (χ3n) is 2.61. The molecule has 3 N–H and O–H groups in total. The summed E-state index contributed by atoms with van der Waals surface area (Å²) in [6.45, 7) is 3.08. The molecule has 0 aliphatic carbocycles. The van der Waals surface area contributed by atoms with Gasteiger partial charge in [-0.25, -0.2) is 4.68 Å². The first-order chi connectivity index (χ1) is 7.74. The van der Waals surface area contributed by atoms with E-state index in [1.54, 1.807) is 7.11 Å². The molecule has 1 rings (SSSR count). The van der Waals surface area contributed by atoms with E-state index < -0.39 is 0 Å². The number of nitrogens with two attached hydrogens (primary N) is 1. The molecule has 0 spiro atoms. The van der Waals surface area contributed by atoms with Crippen LogP contribution >= 0.6 is 0 Å². The van der Waals surface area contributed by atoms with E-state index in [1.165, 1.54) is 19.3 Å². The van der Waals surface area contributed by atoms with Gasteiger partial charge in [0.05, 0.1) is 7.11 Å². The Morgan fingerprint density at radius 3 is 2.69 bits per heavy atom. The fraction of sp³-hybridized carbons (Fsp3) is 0.727. The van der Waals surface area contributed by atoms with Crippen LogP contribution < -0.4 is 15.8 Å². The second-order valence-electron chi connectivity index (χ2n) is 3.81. The van der Waals surface area contributed by atoms with Gasteiger partial charge in [0.1, 0.15) is 5.69 Å². The van der Waals surface area contributed by atoms with E-state index in [4.69, 9.17) is 10.5 Å². The number of nitrogens with zero attached hydrogens (tertiary/aromatic N) is 2. The van der Waals surface area contributed by atoms with E-state index in [1.807, 2.05) is 11.7 Å². The van der Waals surface area contributed by atoms with Gasteiger partial charge in [-0.15, -0.1) is 5.10 Å². The van der Waals surface area contributed by atoms with Crippen molar-refractivity contribution in [1.82, 2.24) is 9.78 Å². The number of ether oxygens (including phenoxy) is 1. The average Bonchev–Trinajstić information content (AvgIpc) is 2.60. The number of aryl methyl sites for hydroxylation is 1. The summed E-state index contributed by atoms with van der Waals surface area (Å²) in [5, 5.41) is 7.36. The van der Waals surface area contributed by atoms with Gasteiger partial charge >= 0.3 is 0 Å². The van der Waals surface area contributed by atoms with Gasteiger partial charge < -0.3 is 15.8 Å². The summed E-state index contributed by atoms with van der Waals surface area (Å²) in [7, 11) is 3.43. The summed E-state index contributed by atoms with van der Waals surface area (Å²) in [5.74, 6) is 1.34. The first-order valence-electron chi connectivity index (χ1n) is 5.82. The van der Waals surface area contributed by atoms with Crippen LogP contribution in [0.15, 0.2) is 0 Å². The fourth-order valence-electron chi connectivity index (χ4n) is 1.72. The molecule has 0 bridgehead atoms. The van der Waals surface area contributed by atoms with Gasteiger partial charge in [0.2, 0.25) is 0 Å². The lowest BCUT2D eigenvalue weighted by atomic mass is 10.2. The standard InChI is InChI=1S/C11H22N4O/c1-4-5-6-7-8-15-10(13-2)9(12)11(14-15)16-3/h13H,4-8,12H2,1-3H3. The molecule has 1 aromatic rings. The van der Waals surface area contributed by atoms with Gasteiger partial charge in [-0.3, -0.25) is 0 Å². The Bertz CT molecular complexity index is 322. The number of nitrogens with one attached hydrogen (secondary N) is 1. The lowest BCUT2D eigenvalue weighted by molar-refractivity contribution is 0.388. The SMILES string of the molecule is CCCCCCn1nc(OC)c(N)c1NC. The van der Waals surface area contributed by atoms with Crippen molar-refractivity contribution >= 4 is 11.5 Å². The maximum atomic E-state index is 5.88. The highest BCUT2D eigenvalue weighted by Crippen LogP contribution is 2.28. The molecule has 1 aromatic heterocycles. The number of methoxy groups -OCH3 is 1. The summed E-state index contributed by atoms with van der Waals surface area (Å²) in [6, 6.07) is 0. The van der Waals surface area contributed by atoms with Crippen LogP contribution in [0.5, 0.6) is 5.88 Å². The van der Waals surface area contributed by atoms with Crippen LogP contribution in [-0.4, -0.2) is 23.9 Å². The van der Waals surface area contributed by atoms with Crippen molar-refractivity contribution in [3.05, 3.63) is 0 Å². The molecule has 0 aromatic carbocycles. The second-order valence-corrected chi connectivity index (χ2v) is 3.81. The summed E-state index contributed by atoms with van der Waals surface area (Å²) < 4.78 is 6.98. The Morgan fingerprint density at radius 1 is 1.38 bits per heavy atom. The molecular formula is C11H22N4O. The van der Waals surface area contributed by atoms with Crippen molar-refractivity contribution in [3.8, 4) is 5.88 Å². The average molecular weight is 226 g/mol. The van der Waals surface area contributed by atoms with Crippen molar-refractivity contribution < 1.29 is 4.74 Å². The molecule has 0 aliphatic heterocycles. The number of anilines is 2. The van der Waals surface area contributed by atoms with Crippen LogP contribution in [0.25, 0.3) is 0 Å². The lowest BCUT2D eigenvalue weighted by Crippen LogP contribution is -2.06. The van der Waals surface area contributed by atoms with Gasteiger partial charge in [0, 0.05) is 13.6 Å². The highest BCUT2D eigenvalue weighted by atomic mass is 16.5. The van der Waals surface area contributed by atoms with Gasteiger partial charge in [-0.2, -0.15) is 0 Å². The maximum absolute atomic E-state index is 5.88. The smallest absolute Gasteiger partial charge is 0.258 e. The maximum Gasteiger partial charge on any atom is 0.258 e. The number of hydrogen-bond acceptors (Lipinski definition) is 4. The first kappa shape index (κ1) is 12.7. The zero-order chi connectivity index (χ0) is 12.0. The second kappa shape index (κ2) is 6.25. The number of unbranched alkanes of at least 4 members (excludes halogenated alkanes) is 3. The first-order valence-corrected chi connectivity index (χ1v) is 5.82. The van der Waals surface area contributed by atoms with Crippen molar-refractivity contribution in [2.24, 2.45) is 0 Å². The summed E-state index contributed by atoms with van der Waals surface area (Å²) in [5.41, 5.74) is 6.47. The molecule has 0 amide bonds. The molecular weight excluding hydrogens is 204 g/mol. The van der Waals surface area contributed by atoms with Crippen LogP contribution in [0.1, 0.15) is 32.6 Å². The molecule has 1 heterocycles. The van der Waals surface area contributed by atoms with E-state index in [2.05, 4.69) is 17.3 Å². The van der Waals surface area contributed by atoms with Crippen molar-refractivity contribution in [2.75, 3.05) is 25.2 Å². The molecule has 0 atom stereocenters. The van der Waals surface area contributed by atoms with Gasteiger partial charge in [-0.1, -0.05) is 26.2 Å². The topological polar surface area (TPSA) is 65.1 Å². The van der Waals surface area contributed by atoms with Crippen LogP contribution in [0.4, 0.5) is 11.5 Å². The molecule has 5 heteroatoms. The predicted octanol–water partition coefficient (Wildman–Crippen LogP) is 2.10. The Balaban J connectivity index is 2.64. The molecule has 0 saturated heterocycles. The Kier molecular flexibility index (Phi) is 4.95. The summed E-state index contributed by atoms with van der Waals surface area (Å²) >= 11 is 0. The normalized spacial score (nSPS) is 10.4. The Morgan fingerprint density at radius 2 is 2.12 bits per heavy atom. The highest BCUT2D eigenvalue weighted by molar-refractivity contribution is 5.67. The molecule has 0 radical (unpaired) electrons. The van der Waals surface area contributed by atoms with Gasteiger partial charge in [0.15, 0.2) is 5.82 Å². The Labute approximate surface area is 97.0 Å². The number of aromatic nitrogens is 2. The number of rotatable bonds is 7. The van der Waals surface area contributed by atoms with E-state index in [-0.39, 0.29) is 0 Å². The fourth-order valence-corrected chi connectivity index (χ4v) is 1.72. The van der Waals surface area contributed by atoms with Crippen LogP contribution in [0, 0.1) is 0 Å². The van der Waals surface area contributed by atoms with Crippen LogP contribution in [0.2, 0.25) is 0 Å². The largest absolute Gasteiger partial charge is 0.478 e. The van der Waals surface area contributed by atoms with Crippen molar-refractivity contribution in [1.29, 1.82) is 0 Å². The minimum Gasteiger partial charge on any atom is -0.478 e. The zero-order valence-corrected chi connectivity index (χ0v) is 10.4. The van der Waals surface area contributed by atoms with Crippen molar-refractivity contribution in [2.45, 2.75) is 39.2 Å². The molecule has 5 nitrogen and oxygen atoms in total. The number of hydrogen-bond donors (Lipinski definition) is 2. The molecule has 92 valence electrons. The zero-order valence-electron chi connectivity index (χ0n) is 10.4. The highest BCUT2D eigenvalue weighted by Gasteiger charge is 2.13. The third kappa shape index (κ3) is 2.81. The van der Waals surface area contributed by atoms with E-state index in [0.717, 1.165) is 18.8 Å². The van der Waals surface area contributed by atoms with E-state index >= 15 is 0 Å². The molecule has 16 heavy (non-hydrogen) atoms. The molecule has 0 aliphatic rings. The van der Waals surface area contributed by atoms with Crippen LogP contribution in [-0.2, 0) is 6.54 Å². The van der Waals surface area contributed by atoms with Crippen LogP contribution in [0.3, 0.4) is 0 Å². The summed E-state index contributed by atoms with van der Waals surface area (Å²) in [6.07, 6.45) is 4.85. The molecule has 0 saturated carbocycles. The third-order valence-corrected chi connectivity index (χ3v) is 2.61. The minimum atomic E-state index is 0.500. The van der Waals surface area contributed by atoms with Crippen molar-refractivity contribution in [3.63, 3.8) is 0 Å². The molecule has 0 fully saturated rings. The van der Waals surface area contributed by atoms with Gasteiger partial charge in [0.25, 0.3) is 5.88 Å². The monoisotopic (exact) mass is 226 g/mol. The molecule has 0 unspecified atom stereocenters. The predicted molar refractivity (Wildman–Crippen MR) is 66.9 cm³/mol. The van der Waals surface area contributed by atoms with Gasteiger partial charge in [-0.05, 0) is 6.42 Å². The Hall–Kier alpha value is -1.39. The quantitative estimate of drug-likeness (QED) is 0.699. The lowest BCUT2D eigenvalue weighted by Gasteiger charge is -2.06. The minimum absolute atomic E-state index is 0.500. The number of nitrogen functional groups attached to an aromatic ring is 1. The van der Waals surface area contributed by atoms with E-state index in [9.17, 15) is 0 Å². The summed E-state index contributed by atoms with van der Waals surface area (Å²) in [4.78, 5) is 0.